The SMILES string of the molecule is NCc1ccc(OCc2ccccc2F)c([N+](=O)[O-])c1. The van der Waals surface area contributed by atoms with E-state index in [0.29, 0.717) is 11.1 Å². The first-order valence-electron chi connectivity index (χ1n) is 5.95. The van der Waals surface area contributed by atoms with Gasteiger partial charge in [0.15, 0.2) is 5.75 Å². The summed E-state index contributed by atoms with van der Waals surface area (Å²) < 4.78 is 18.8. The molecule has 0 atom stereocenters. The minimum Gasteiger partial charge on any atom is -0.482 e. The molecule has 104 valence electrons. The minimum atomic E-state index is -0.546. The third kappa shape index (κ3) is 3.10. The Kier molecular flexibility index (Phi) is 4.27. The quantitative estimate of drug-likeness (QED) is 0.672. The molecular formula is C14H13FN2O3. The van der Waals surface area contributed by atoms with Crippen LogP contribution in [0.4, 0.5) is 10.1 Å². The van der Waals surface area contributed by atoms with Crippen molar-refractivity contribution in [2.45, 2.75) is 13.2 Å². The summed E-state index contributed by atoms with van der Waals surface area (Å²) in [4.78, 5) is 10.4. The van der Waals surface area contributed by atoms with Gasteiger partial charge in [-0.1, -0.05) is 24.3 Å². The van der Waals surface area contributed by atoms with Crippen molar-refractivity contribution < 1.29 is 14.1 Å². The molecule has 0 unspecified atom stereocenters. The summed E-state index contributed by atoms with van der Waals surface area (Å²) in [6.07, 6.45) is 0. The zero-order valence-corrected chi connectivity index (χ0v) is 10.6. The average Bonchev–Trinajstić information content (AvgIpc) is 2.46. The Balaban J connectivity index is 2.21. The number of nitrogens with zero attached hydrogens (tertiary/aromatic N) is 1. The summed E-state index contributed by atoms with van der Waals surface area (Å²) in [7, 11) is 0. The van der Waals surface area contributed by atoms with Gasteiger partial charge in [-0.15, -0.1) is 0 Å². The van der Waals surface area contributed by atoms with Gasteiger partial charge in [-0.05, 0) is 17.7 Å². The van der Waals surface area contributed by atoms with Crippen LogP contribution >= 0.6 is 0 Å². The van der Waals surface area contributed by atoms with Gasteiger partial charge in [-0.3, -0.25) is 10.1 Å². The smallest absolute Gasteiger partial charge is 0.311 e. The molecule has 20 heavy (non-hydrogen) atoms. The zero-order chi connectivity index (χ0) is 14.5. The fourth-order valence-electron chi connectivity index (χ4n) is 1.73. The Morgan fingerprint density at radius 3 is 2.65 bits per heavy atom. The van der Waals surface area contributed by atoms with E-state index >= 15 is 0 Å². The van der Waals surface area contributed by atoms with Crippen LogP contribution in [0.1, 0.15) is 11.1 Å². The monoisotopic (exact) mass is 276 g/mol. The largest absolute Gasteiger partial charge is 0.482 e. The number of hydrogen-bond donors (Lipinski definition) is 1. The van der Waals surface area contributed by atoms with Crippen molar-refractivity contribution in [3.8, 4) is 5.75 Å². The Hall–Kier alpha value is -2.47. The number of halogens is 1. The third-order valence-corrected chi connectivity index (χ3v) is 2.80. The van der Waals surface area contributed by atoms with Crippen LogP contribution in [0.5, 0.6) is 5.75 Å². The van der Waals surface area contributed by atoms with E-state index in [1.807, 2.05) is 0 Å². The summed E-state index contributed by atoms with van der Waals surface area (Å²) in [5, 5.41) is 11.0. The van der Waals surface area contributed by atoms with Gasteiger partial charge >= 0.3 is 5.69 Å². The van der Waals surface area contributed by atoms with E-state index in [1.165, 1.54) is 18.2 Å². The van der Waals surface area contributed by atoms with Crippen LogP contribution in [0.25, 0.3) is 0 Å². The number of nitro groups is 1. The third-order valence-electron chi connectivity index (χ3n) is 2.80. The molecule has 0 aliphatic rings. The average molecular weight is 276 g/mol. The summed E-state index contributed by atoms with van der Waals surface area (Å²) in [6, 6.07) is 10.6. The van der Waals surface area contributed by atoms with Crippen molar-refractivity contribution in [3.63, 3.8) is 0 Å². The zero-order valence-electron chi connectivity index (χ0n) is 10.6. The summed E-state index contributed by atoms with van der Waals surface area (Å²) >= 11 is 0. The highest BCUT2D eigenvalue weighted by Crippen LogP contribution is 2.28. The molecule has 6 heteroatoms. The maximum absolute atomic E-state index is 13.4. The highest BCUT2D eigenvalue weighted by Gasteiger charge is 2.16. The molecule has 2 aromatic rings. The molecule has 2 N–H and O–H groups in total. The van der Waals surface area contributed by atoms with E-state index < -0.39 is 10.7 Å². The molecule has 2 aromatic carbocycles. The molecule has 0 saturated heterocycles. The lowest BCUT2D eigenvalue weighted by Crippen LogP contribution is -2.03. The number of benzene rings is 2. The van der Waals surface area contributed by atoms with Crippen molar-refractivity contribution in [1.82, 2.24) is 0 Å². The van der Waals surface area contributed by atoms with Crippen LogP contribution in [0.3, 0.4) is 0 Å². The van der Waals surface area contributed by atoms with E-state index in [4.69, 9.17) is 10.5 Å². The number of hydrogen-bond acceptors (Lipinski definition) is 4. The highest BCUT2D eigenvalue weighted by atomic mass is 19.1. The molecule has 2 rings (SSSR count). The van der Waals surface area contributed by atoms with Crippen molar-refractivity contribution in [3.05, 3.63) is 69.5 Å². The molecular weight excluding hydrogens is 263 g/mol. The van der Waals surface area contributed by atoms with E-state index in [0.717, 1.165) is 0 Å². The van der Waals surface area contributed by atoms with Gasteiger partial charge in [0.05, 0.1) is 4.92 Å². The van der Waals surface area contributed by atoms with E-state index in [-0.39, 0.29) is 24.6 Å². The molecule has 0 spiro atoms. The van der Waals surface area contributed by atoms with Crippen LogP contribution in [0.2, 0.25) is 0 Å². The van der Waals surface area contributed by atoms with Gasteiger partial charge in [0.2, 0.25) is 0 Å². The second-order valence-corrected chi connectivity index (χ2v) is 4.14. The Morgan fingerprint density at radius 2 is 2.00 bits per heavy atom. The molecule has 0 amide bonds. The van der Waals surface area contributed by atoms with Crippen molar-refractivity contribution >= 4 is 5.69 Å². The van der Waals surface area contributed by atoms with Gasteiger partial charge in [0.1, 0.15) is 12.4 Å². The predicted octanol–water partition coefficient (Wildman–Crippen LogP) is 2.77. The topological polar surface area (TPSA) is 78.4 Å². The predicted molar refractivity (Wildman–Crippen MR) is 71.7 cm³/mol. The standard InChI is InChI=1S/C14H13FN2O3/c15-12-4-2-1-3-11(12)9-20-14-6-5-10(8-16)7-13(14)17(18)19/h1-7H,8-9,16H2. The lowest BCUT2D eigenvalue weighted by Gasteiger charge is -2.08. The number of nitrogens with two attached hydrogens (primary N) is 1. The van der Waals surface area contributed by atoms with E-state index in [2.05, 4.69) is 0 Å². The van der Waals surface area contributed by atoms with Crippen LogP contribution < -0.4 is 10.5 Å². The molecule has 0 aliphatic heterocycles. The number of nitro benzene ring substituents is 1. The Bertz CT molecular complexity index is 632. The maximum atomic E-state index is 13.4. The highest BCUT2D eigenvalue weighted by molar-refractivity contribution is 5.48. The lowest BCUT2D eigenvalue weighted by atomic mass is 10.2. The molecule has 0 aliphatic carbocycles. The first-order valence-corrected chi connectivity index (χ1v) is 5.95. The van der Waals surface area contributed by atoms with Gasteiger partial charge in [0, 0.05) is 18.2 Å². The molecule has 0 saturated carbocycles. The van der Waals surface area contributed by atoms with Gasteiger partial charge in [-0.25, -0.2) is 4.39 Å². The van der Waals surface area contributed by atoms with E-state index in [1.54, 1.807) is 24.3 Å². The van der Waals surface area contributed by atoms with Crippen LogP contribution in [-0.4, -0.2) is 4.92 Å². The molecule has 0 bridgehead atoms. The van der Waals surface area contributed by atoms with Gasteiger partial charge in [-0.2, -0.15) is 0 Å². The molecule has 5 nitrogen and oxygen atoms in total. The fourth-order valence-corrected chi connectivity index (χ4v) is 1.73. The second kappa shape index (κ2) is 6.12. The fraction of sp³-hybridized carbons (Fsp3) is 0.143. The van der Waals surface area contributed by atoms with Gasteiger partial charge in [0.25, 0.3) is 0 Å². The van der Waals surface area contributed by atoms with Crippen LogP contribution in [0.15, 0.2) is 42.5 Å². The molecule has 0 aromatic heterocycles. The molecule has 0 heterocycles. The normalized spacial score (nSPS) is 10.3. The Morgan fingerprint density at radius 1 is 1.25 bits per heavy atom. The van der Waals surface area contributed by atoms with Crippen molar-refractivity contribution in [2.24, 2.45) is 5.73 Å². The molecule has 0 radical (unpaired) electrons. The molecule has 0 fully saturated rings. The number of rotatable bonds is 5. The van der Waals surface area contributed by atoms with Crippen LogP contribution in [0, 0.1) is 15.9 Å². The van der Waals surface area contributed by atoms with Crippen molar-refractivity contribution in [1.29, 1.82) is 0 Å². The van der Waals surface area contributed by atoms with Crippen molar-refractivity contribution in [2.75, 3.05) is 0 Å². The summed E-state index contributed by atoms with van der Waals surface area (Å²) in [5.74, 6) is -0.316. The number of ether oxygens (including phenoxy) is 1. The van der Waals surface area contributed by atoms with E-state index in [9.17, 15) is 14.5 Å². The first kappa shape index (κ1) is 14.0. The lowest BCUT2D eigenvalue weighted by molar-refractivity contribution is -0.386. The van der Waals surface area contributed by atoms with Gasteiger partial charge < -0.3 is 10.5 Å². The summed E-state index contributed by atoms with van der Waals surface area (Å²) in [5.41, 5.74) is 6.24. The maximum Gasteiger partial charge on any atom is 0.311 e. The first-order chi connectivity index (χ1) is 9.61. The Labute approximate surface area is 114 Å². The van der Waals surface area contributed by atoms with Crippen LogP contribution in [-0.2, 0) is 13.2 Å². The summed E-state index contributed by atoms with van der Waals surface area (Å²) in [6.45, 7) is 0.129. The second-order valence-electron chi connectivity index (χ2n) is 4.14. The minimum absolute atomic E-state index is 0.0739.